The van der Waals surface area contributed by atoms with Crippen LogP contribution in [0.2, 0.25) is 0 Å². The molecule has 0 rings (SSSR count). The average molecular weight is 83.6 g/mol. The minimum Gasteiger partial charge on any atom is -2.00 e. The van der Waals surface area contributed by atoms with Crippen LogP contribution in [0.15, 0.2) is 0 Å². The Morgan fingerprint density at radius 2 is 0.750 bits per heavy atom. The molecule has 0 atom stereocenters. The summed E-state index contributed by atoms with van der Waals surface area (Å²) in [5.41, 5.74) is 0. The molecule has 16 valence electrons. The Balaban J connectivity index is 0. The minimum absolute atomic E-state index is 0. The number of halogens is 1. The molecule has 4 heavy (non-hydrogen) atoms. The molecule has 0 radical (unpaired) electrons. The third-order valence-electron chi connectivity index (χ3n) is 0. The number of hydrogen-bond acceptors (Lipinski definition) is 0. The van der Waals surface area contributed by atoms with Crippen molar-refractivity contribution in [2.45, 2.75) is 0 Å². The van der Waals surface area contributed by atoms with Gasteiger partial charge in [-0.3, -0.25) is 0 Å². The van der Waals surface area contributed by atoms with E-state index in [9.17, 15) is 0 Å². The van der Waals surface area contributed by atoms with E-state index in [1.54, 1.807) is 0 Å². The number of hydrogen-bond donors (Lipinski definition) is 0. The van der Waals surface area contributed by atoms with E-state index in [0.29, 0.717) is 0 Å². The largest absolute Gasteiger partial charge is 2.00 e. The fourth-order valence-electron chi connectivity index (χ4n) is 0. The van der Waals surface area contributed by atoms with Crippen molar-refractivity contribution in [3.8, 4) is 0 Å². The zero-order valence-electron chi connectivity index (χ0n) is 2.20. The smallest absolute Gasteiger partial charge is 2.00 e. The Morgan fingerprint density at radius 1 is 0.750 bits per heavy atom. The molecule has 0 unspecified atom stereocenters. The predicted octanol–water partition coefficient (Wildman–Crippen LogP) is -3.88. The zero-order valence-corrected chi connectivity index (χ0v) is 5.03. The van der Waals surface area contributed by atoms with Crippen molar-refractivity contribution in [1.82, 2.24) is 0 Å². The van der Waals surface area contributed by atoms with Crippen molar-refractivity contribution < 1.29 is 10.2 Å². The molecule has 0 fully saturated rings. The van der Waals surface area contributed by atoms with E-state index in [1.807, 2.05) is 0 Å². The molecule has 0 heterocycles. The summed E-state index contributed by atoms with van der Waals surface area (Å²) in [4.78, 5) is 0. The van der Waals surface area contributed by atoms with Crippen molar-refractivity contribution in [3.63, 3.8) is 0 Å². The molecular weight excluding hydrogens is 83.6 g/mol. The van der Waals surface area contributed by atoms with Gasteiger partial charge in [-0.2, -0.15) is 0 Å². The Kier molecular flexibility index (Phi) is 335. The summed E-state index contributed by atoms with van der Waals surface area (Å²) in [6, 6.07) is 0. The first-order valence-corrected chi connectivity index (χ1v) is 0. The average Bonchev–Trinajstić information content (AvgIpc) is 0. The maximum Gasteiger partial charge on any atom is 2.00 e. The first kappa shape index (κ1) is 52.4. The maximum absolute atomic E-state index is 0. The maximum atomic E-state index is 0. The monoisotopic (exact) mass is 83.0 g/mol. The normalized spacial score (nSPS) is 0. The molecule has 0 N–H and O–H groups in total. The van der Waals surface area contributed by atoms with Gasteiger partial charge in [0.1, 0.15) is 0 Å². The Hall–Kier alpha value is 1.42. The quantitative estimate of drug-likeness (QED) is 0.268. The second kappa shape index (κ2) is 25.6. The van der Waals surface area contributed by atoms with Crippen LogP contribution in [0.1, 0.15) is 0 Å². The van der Waals surface area contributed by atoms with Gasteiger partial charge in [0.2, 0.25) is 0 Å². The second-order valence-electron chi connectivity index (χ2n) is 0. The predicted molar refractivity (Wildman–Crippen MR) is 12.2 cm³/mol. The summed E-state index contributed by atoms with van der Waals surface area (Å²) >= 11 is 0. The van der Waals surface area contributed by atoms with E-state index in [-0.39, 0.29) is 56.3 Å². The van der Waals surface area contributed by atoms with Crippen LogP contribution in [0.5, 0.6) is 0 Å². The molecule has 1 nitrogen and oxygen atoms in total. The summed E-state index contributed by atoms with van der Waals surface area (Å²) in [6.45, 7) is 0. The van der Waals surface area contributed by atoms with Gasteiger partial charge in [-0.1, -0.05) is 0 Å². The third kappa shape index (κ3) is 9.93. The third-order valence-corrected chi connectivity index (χ3v) is 0. The van der Waals surface area contributed by atoms with E-state index >= 15 is 0 Å². The van der Waals surface area contributed by atoms with Gasteiger partial charge >= 0.3 is 46.1 Å². The number of rotatable bonds is 0. The summed E-state index contributed by atoms with van der Waals surface area (Å²) in [5, 5.41) is 0. The standard InChI is InChI=1S/FH.2Mg.O/h1H;;;/q;2*+2;-2/p-1. The Bertz CT molecular complexity index is 6.00. The SMILES string of the molecule is [F-].[Mg+2].[Mg+2].[O-2]. The van der Waals surface area contributed by atoms with Crippen LogP contribution in [0.25, 0.3) is 0 Å². The molecule has 4 heteroatoms. The van der Waals surface area contributed by atoms with Crippen molar-refractivity contribution >= 4 is 46.1 Å². The van der Waals surface area contributed by atoms with Gasteiger partial charge in [0.15, 0.2) is 0 Å². The molecule has 0 aromatic carbocycles. The summed E-state index contributed by atoms with van der Waals surface area (Å²) in [5.74, 6) is 0. The molecular formula is FMg2O+. The van der Waals surface area contributed by atoms with Crippen molar-refractivity contribution in [1.29, 1.82) is 0 Å². The van der Waals surface area contributed by atoms with Gasteiger partial charge < -0.3 is 10.2 Å². The van der Waals surface area contributed by atoms with Gasteiger partial charge in [0, 0.05) is 0 Å². The summed E-state index contributed by atoms with van der Waals surface area (Å²) in [6.07, 6.45) is 0. The van der Waals surface area contributed by atoms with Crippen LogP contribution in [0.3, 0.4) is 0 Å². The van der Waals surface area contributed by atoms with E-state index in [1.165, 1.54) is 0 Å². The van der Waals surface area contributed by atoms with E-state index in [0.717, 1.165) is 0 Å². The van der Waals surface area contributed by atoms with E-state index < -0.39 is 0 Å². The fraction of sp³-hybridized carbons (Fsp3) is 0. The molecule has 0 aliphatic carbocycles. The van der Waals surface area contributed by atoms with Gasteiger partial charge in [-0.25, -0.2) is 0 Å². The molecule has 0 aliphatic heterocycles. The summed E-state index contributed by atoms with van der Waals surface area (Å²) in [7, 11) is 0. The molecule has 0 aromatic heterocycles. The summed E-state index contributed by atoms with van der Waals surface area (Å²) < 4.78 is 0. The molecule has 0 amide bonds. The molecule has 0 aliphatic rings. The fourth-order valence-corrected chi connectivity index (χ4v) is 0. The molecule has 0 saturated carbocycles. The molecule has 0 bridgehead atoms. The Labute approximate surface area is 56.1 Å². The van der Waals surface area contributed by atoms with Crippen LogP contribution >= 0.6 is 0 Å². The van der Waals surface area contributed by atoms with Gasteiger partial charge in [-0.05, 0) is 0 Å². The van der Waals surface area contributed by atoms with Gasteiger partial charge in [0.25, 0.3) is 0 Å². The first-order chi connectivity index (χ1) is 0. The van der Waals surface area contributed by atoms with Crippen LogP contribution < -0.4 is 4.70 Å². The molecule has 0 saturated heterocycles. The van der Waals surface area contributed by atoms with Crippen LogP contribution in [-0.4, -0.2) is 46.1 Å². The topological polar surface area (TPSA) is 28.5 Å². The zero-order chi connectivity index (χ0) is 0. The van der Waals surface area contributed by atoms with Gasteiger partial charge in [0.05, 0.1) is 0 Å². The molecule has 0 aromatic rings. The van der Waals surface area contributed by atoms with Crippen LogP contribution in [0, 0.1) is 0 Å². The van der Waals surface area contributed by atoms with Crippen molar-refractivity contribution in [3.05, 3.63) is 0 Å². The minimum atomic E-state index is 0. The van der Waals surface area contributed by atoms with Crippen molar-refractivity contribution in [2.75, 3.05) is 0 Å². The second-order valence-corrected chi connectivity index (χ2v) is 0. The van der Waals surface area contributed by atoms with E-state index in [4.69, 9.17) is 0 Å². The Morgan fingerprint density at radius 3 is 0.750 bits per heavy atom. The molecule has 0 spiro atoms. The van der Waals surface area contributed by atoms with Crippen LogP contribution in [-0.2, 0) is 5.48 Å². The van der Waals surface area contributed by atoms with E-state index in [2.05, 4.69) is 0 Å². The first-order valence-electron chi connectivity index (χ1n) is 0. The van der Waals surface area contributed by atoms with Crippen LogP contribution in [0.4, 0.5) is 0 Å². The van der Waals surface area contributed by atoms with Crippen molar-refractivity contribution in [2.24, 2.45) is 0 Å². The van der Waals surface area contributed by atoms with Gasteiger partial charge in [-0.15, -0.1) is 0 Å².